The van der Waals surface area contributed by atoms with Crippen molar-refractivity contribution in [2.75, 3.05) is 11.9 Å². The topological polar surface area (TPSA) is 53.5 Å². The van der Waals surface area contributed by atoms with Crippen LogP contribution in [0.1, 0.15) is 38.2 Å². The first-order valence-electron chi connectivity index (χ1n) is 7.29. The van der Waals surface area contributed by atoms with Gasteiger partial charge in [-0.2, -0.15) is 5.10 Å². The maximum Gasteiger partial charge on any atom is 0.259 e. The normalized spacial score (nSPS) is 20.7. The molecule has 0 bridgehead atoms. The second-order valence-electron chi connectivity index (χ2n) is 5.58. The van der Waals surface area contributed by atoms with Crippen molar-refractivity contribution in [1.82, 2.24) is 5.43 Å². The van der Waals surface area contributed by atoms with E-state index in [4.69, 9.17) is 0 Å². The minimum Gasteiger partial charge on any atom is -0.376 e. The SMILES string of the molecule is Cc1ccccc1NCC(=O)N/N=C1/CCC[C@H](C)C1. The van der Waals surface area contributed by atoms with E-state index in [1.165, 1.54) is 12.8 Å². The Morgan fingerprint density at radius 1 is 1.40 bits per heavy atom. The maximum absolute atomic E-state index is 11.8. The van der Waals surface area contributed by atoms with Crippen molar-refractivity contribution in [2.24, 2.45) is 11.0 Å². The first-order valence-corrected chi connectivity index (χ1v) is 7.29. The van der Waals surface area contributed by atoms with Crippen molar-refractivity contribution in [1.29, 1.82) is 0 Å². The highest BCUT2D eigenvalue weighted by Gasteiger charge is 2.14. The fraction of sp³-hybridized carbons (Fsp3) is 0.500. The number of hydrogen-bond acceptors (Lipinski definition) is 3. The highest BCUT2D eigenvalue weighted by molar-refractivity contribution is 5.88. The molecule has 1 aliphatic rings. The molecule has 4 nitrogen and oxygen atoms in total. The second kappa shape index (κ2) is 7.08. The van der Waals surface area contributed by atoms with Crippen LogP contribution in [0.25, 0.3) is 0 Å². The molecule has 0 heterocycles. The van der Waals surface area contributed by atoms with Gasteiger partial charge in [0.1, 0.15) is 0 Å². The zero-order valence-electron chi connectivity index (χ0n) is 12.3. The van der Waals surface area contributed by atoms with E-state index in [0.29, 0.717) is 5.92 Å². The van der Waals surface area contributed by atoms with E-state index in [1.54, 1.807) is 0 Å². The number of anilines is 1. The third-order valence-corrected chi connectivity index (χ3v) is 3.67. The van der Waals surface area contributed by atoms with E-state index in [0.717, 1.165) is 29.8 Å². The first-order chi connectivity index (χ1) is 9.65. The summed E-state index contributed by atoms with van der Waals surface area (Å²) in [6.45, 7) is 4.50. The summed E-state index contributed by atoms with van der Waals surface area (Å²) in [5.74, 6) is 0.587. The van der Waals surface area contributed by atoms with E-state index in [1.807, 2.05) is 31.2 Å². The number of amides is 1. The highest BCUT2D eigenvalue weighted by atomic mass is 16.2. The second-order valence-corrected chi connectivity index (χ2v) is 5.58. The van der Waals surface area contributed by atoms with Gasteiger partial charge >= 0.3 is 0 Å². The summed E-state index contributed by atoms with van der Waals surface area (Å²) in [7, 11) is 0. The molecule has 1 aromatic carbocycles. The summed E-state index contributed by atoms with van der Waals surface area (Å²) in [5, 5.41) is 7.37. The van der Waals surface area contributed by atoms with Crippen molar-refractivity contribution in [2.45, 2.75) is 39.5 Å². The number of carbonyl (C=O) groups excluding carboxylic acids is 1. The van der Waals surface area contributed by atoms with Crippen LogP contribution in [0.3, 0.4) is 0 Å². The molecule has 2 N–H and O–H groups in total. The van der Waals surface area contributed by atoms with Crippen LogP contribution < -0.4 is 10.7 Å². The molecular weight excluding hydrogens is 250 g/mol. The minimum absolute atomic E-state index is 0.0982. The molecule has 4 heteroatoms. The zero-order chi connectivity index (χ0) is 14.4. The van der Waals surface area contributed by atoms with Gasteiger partial charge in [0, 0.05) is 11.4 Å². The van der Waals surface area contributed by atoms with Crippen molar-refractivity contribution in [3.8, 4) is 0 Å². The Kier molecular flexibility index (Phi) is 5.16. The number of nitrogens with one attached hydrogen (secondary N) is 2. The van der Waals surface area contributed by atoms with Crippen LogP contribution in [0.4, 0.5) is 5.69 Å². The molecule has 2 rings (SSSR count). The van der Waals surface area contributed by atoms with Gasteiger partial charge in [0.05, 0.1) is 6.54 Å². The number of para-hydroxylation sites is 1. The van der Waals surface area contributed by atoms with Crippen molar-refractivity contribution >= 4 is 17.3 Å². The van der Waals surface area contributed by atoms with Gasteiger partial charge in [-0.3, -0.25) is 4.79 Å². The van der Waals surface area contributed by atoms with Gasteiger partial charge in [0.2, 0.25) is 0 Å². The molecule has 0 unspecified atom stereocenters. The summed E-state index contributed by atoms with van der Waals surface area (Å²) < 4.78 is 0. The van der Waals surface area contributed by atoms with Crippen LogP contribution in [0.5, 0.6) is 0 Å². The van der Waals surface area contributed by atoms with Crippen LogP contribution in [-0.2, 0) is 4.79 Å². The van der Waals surface area contributed by atoms with E-state index in [9.17, 15) is 4.79 Å². The molecule has 0 saturated heterocycles. The Balaban J connectivity index is 1.78. The number of benzene rings is 1. The number of hydrazone groups is 1. The number of carbonyl (C=O) groups is 1. The summed E-state index contributed by atoms with van der Waals surface area (Å²) in [4.78, 5) is 11.8. The van der Waals surface area contributed by atoms with Crippen molar-refractivity contribution in [3.63, 3.8) is 0 Å². The van der Waals surface area contributed by atoms with Gasteiger partial charge in [0.15, 0.2) is 0 Å². The third kappa shape index (κ3) is 4.37. The molecule has 1 saturated carbocycles. The lowest BCUT2D eigenvalue weighted by Crippen LogP contribution is -2.28. The third-order valence-electron chi connectivity index (χ3n) is 3.67. The fourth-order valence-corrected chi connectivity index (χ4v) is 2.49. The van der Waals surface area contributed by atoms with Crippen molar-refractivity contribution in [3.05, 3.63) is 29.8 Å². The Labute approximate surface area is 120 Å². The lowest BCUT2D eigenvalue weighted by Gasteiger charge is -2.19. The van der Waals surface area contributed by atoms with Gasteiger partial charge in [0.25, 0.3) is 5.91 Å². The number of aryl methyl sites for hydroxylation is 1. The van der Waals surface area contributed by atoms with E-state index >= 15 is 0 Å². The summed E-state index contributed by atoms with van der Waals surface area (Å²) in [5.41, 5.74) is 5.89. The fourth-order valence-electron chi connectivity index (χ4n) is 2.49. The molecule has 0 spiro atoms. The molecule has 20 heavy (non-hydrogen) atoms. The zero-order valence-corrected chi connectivity index (χ0v) is 12.3. The molecule has 0 radical (unpaired) electrons. The van der Waals surface area contributed by atoms with Crippen LogP contribution in [-0.4, -0.2) is 18.2 Å². The number of hydrogen-bond donors (Lipinski definition) is 2. The number of nitrogens with zero attached hydrogens (tertiary/aromatic N) is 1. The molecule has 1 atom stereocenters. The average molecular weight is 273 g/mol. The Hall–Kier alpha value is -1.84. The average Bonchev–Trinajstić information content (AvgIpc) is 2.44. The molecule has 108 valence electrons. The Morgan fingerprint density at radius 3 is 2.95 bits per heavy atom. The van der Waals surface area contributed by atoms with Gasteiger partial charge in [-0.05, 0) is 50.2 Å². The molecule has 1 amide bonds. The molecule has 1 aliphatic carbocycles. The van der Waals surface area contributed by atoms with E-state index < -0.39 is 0 Å². The van der Waals surface area contributed by atoms with Crippen LogP contribution in [0.15, 0.2) is 29.4 Å². The minimum atomic E-state index is -0.0982. The number of rotatable bonds is 4. The van der Waals surface area contributed by atoms with Crippen LogP contribution in [0.2, 0.25) is 0 Å². The quantitative estimate of drug-likeness (QED) is 0.828. The monoisotopic (exact) mass is 273 g/mol. The van der Waals surface area contributed by atoms with Gasteiger partial charge in [-0.15, -0.1) is 0 Å². The molecular formula is C16H23N3O. The van der Waals surface area contributed by atoms with Gasteiger partial charge in [-0.1, -0.05) is 25.1 Å². The maximum atomic E-state index is 11.8. The predicted molar refractivity (Wildman–Crippen MR) is 82.9 cm³/mol. The highest BCUT2D eigenvalue weighted by Crippen LogP contribution is 2.20. The van der Waals surface area contributed by atoms with Gasteiger partial charge < -0.3 is 5.32 Å². The summed E-state index contributed by atoms with van der Waals surface area (Å²) in [6.07, 6.45) is 4.46. The lowest BCUT2D eigenvalue weighted by atomic mass is 9.89. The predicted octanol–water partition coefficient (Wildman–Crippen LogP) is 3.09. The Morgan fingerprint density at radius 2 is 2.20 bits per heavy atom. The molecule has 0 aliphatic heterocycles. The van der Waals surface area contributed by atoms with E-state index in [-0.39, 0.29) is 12.5 Å². The first kappa shape index (κ1) is 14.6. The Bertz CT molecular complexity index is 496. The molecule has 1 fully saturated rings. The summed E-state index contributed by atoms with van der Waals surface area (Å²) in [6, 6.07) is 7.93. The van der Waals surface area contributed by atoms with E-state index in [2.05, 4.69) is 22.8 Å². The van der Waals surface area contributed by atoms with Gasteiger partial charge in [-0.25, -0.2) is 5.43 Å². The standard InChI is InChI=1S/C16H23N3O/c1-12-6-5-8-14(10-12)18-19-16(20)11-17-15-9-4-3-7-13(15)2/h3-4,7,9,12,17H,5-6,8,10-11H2,1-2H3,(H,19,20)/b18-14-/t12-/m0/s1. The smallest absolute Gasteiger partial charge is 0.259 e. The van der Waals surface area contributed by atoms with Crippen LogP contribution in [0, 0.1) is 12.8 Å². The lowest BCUT2D eigenvalue weighted by molar-refractivity contribution is -0.119. The van der Waals surface area contributed by atoms with Crippen LogP contribution >= 0.6 is 0 Å². The van der Waals surface area contributed by atoms with Crippen molar-refractivity contribution < 1.29 is 4.79 Å². The largest absolute Gasteiger partial charge is 0.376 e. The molecule has 1 aromatic rings. The summed E-state index contributed by atoms with van der Waals surface area (Å²) >= 11 is 0. The molecule has 0 aromatic heterocycles.